The maximum Gasteiger partial charge on any atom is 0.350 e. The molecular formula is C15H19N3O7. The van der Waals surface area contributed by atoms with Crippen LogP contribution in [0.4, 0.5) is 4.79 Å². The number of carbonyl (C=O) groups is 4. The number of rotatable bonds is 12. The lowest BCUT2D eigenvalue weighted by Gasteiger charge is -2.13. The van der Waals surface area contributed by atoms with Crippen LogP contribution in [0.15, 0.2) is 17.1 Å². The summed E-state index contributed by atoms with van der Waals surface area (Å²) in [5, 5.41) is 0. The third kappa shape index (κ3) is 5.85. The largest absolute Gasteiger partial charge is 0.377 e. The molecule has 10 nitrogen and oxygen atoms in total. The first-order valence-corrected chi connectivity index (χ1v) is 7.76. The maximum atomic E-state index is 11.3. The van der Waals surface area contributed by atoms with E-state index in [1.807, 2.05) is 0 Å². The predicted molar refractivity (Wildman–Crippen MR) is 83.9 cm³/mol. The van der Waals surface area contributed by atoms with Crippen molar-refractivity contribution in [3.05, 3.63) is 12.2 Å². The molecule has 2 rings (SSSR count). The van der Waals surface area contributed by atoms with Crippen molar-refractivity contribution in [3.63, 3.8) is 0 Å². The predicted octanol–water partition coefficient (Wildman–Crippen LogP) is -1.01. The molecule has 0 saturated carbocycles. The highest BCUT2D eigenvalue weighted by molar-refractivity contribution is 6.35. The Hall–Kier alpha value is -2.43. The molecule has 10 heteroatoms. The molecule has 0 aromatic carbocycles. The summed E-state index contributed by atoms with van der Waals surface area (Å²) in [6.45, 7) is 2.17. The van der Waals surface area contributed by atoms with E-state index < -0.39 is 11.9 Å². The molecule has 0 aromatic heterocycles. The number of amides is 5. The quantitative estimate of drug-likeness (QED) is 0.326. The number of nitrogens with zero attached hydrogens (tertiary/aromatic N) is 3. The van der Waals surface area contributed by atoms with Crippen LogP contribution in [0.1, 0.15) is 0 Å². The fourth-order valence-corrected chi connectivity index (χ4v) is 2.06. The van der Waals surface area contributed by atoms with Gasteiger partial charge in [-0.1, -0.05) is 0 Å². The van der Waals surface area contributed by atoms with Gasteiger partial charge in [0.25, 0.3) is 17.7 Å². The summed E-state index contributed by atoms with van der Waals surface area (Å²) in [5.74, 6) is -1.09. The molecule has 0 fully saturated rings. The van der Waals surface area contributed by atoms with Crippen molar-refractivity contribution in [2.45, 2.75) is 0 Å². The van der Waals surface area contributed by atoms with Gasteiger partial charge in [0, 0.05) is 12.2 Å². The summed E-state index contributed by atoms with van der Waals surface area (Å²) < 4.78 is 15.8. The standard InChI is InChI=1S/C15H19N3O7/c19-12-1-2-13(20)17(12)3-5-23-7-9-25-10-8-24-6-4-18-14(21)11-16-15(18)22/h1-2,11H,3-10H2. The Kier molecular flexibility index (Phi) is 7.38. The molecule has 0 unspecified atom stereocenters. The minimum absolute atomic E-state index is 0.156. The molecule has 5 amide bonds. The third-order valence-electron chi connectivity index (χ3n) is 3.35. The zero-order valence-corrected chi connectivity index (χ0v) is 13.6. The highest BCUT2D eigenvalue weighted by Gasteiger charge is 2.24. The van der Waals surface area contributed by atoms with Gasteiger partial charge in [-0.3, -0.25) is 24.2 Å². The van der Waals surface area contributed by atoms with E-state index in [4.69, 9.17) is 14.2 Å². The van der Waals surface area contributed by atoms with Gasteiger partial charge in [-0.05, 0) is 0 Å². The average Bonchev–Trinajstić information content (AvgIpc) is 3.08. The summed E-state index contributed by atoms with van der Waals surface area (Å²) in [6, 6.07) is -0.574. The summed E-state index contributed by atoms with van der Waals surface area (Å²) in [7, 11) is 0. The Balaban J connectivity index is 1.37. The van der Waals surface area contributed by atoms with Crippen LogP contribution in [-0.2, 0) is 28.6 Å². The summed E-state index contributed by atoms with van der Waals surface area (Å²) in [4.78, 5) is 50.4. The smallest absolute Gasteiger partial charge is 0.350 e. The van der Waals surface area contributed by atoms with Crippen LogP contribution in [0.3, 0.4) is 0 Å². The van der Waals surface area contributed by atoms with Crippen molar-refractivity contribution in [2.75, 3.05) is 52.7 Å². The fourth-order valence-electron chi connectivity index (χ4n) is 2.06. The Morgan fingerprint density at radius 3 is 1.64 bits per heavy atom. The number of imide groups is 2. The van der Waals surface area contributed by atoms with Gasteiger partial charge in [-0.25, -0.2) is 4.79 Å². The number of aliphatic imine (C=N–C) groups is 1. The van der Waals surface area contributed by atoms with Gasteiger partial charge in [-0.2, -0.15) is 4.99 Å². The number of carbonyl (C=O) groups excluding carboxylic acids is 4. The molecule has 0 N–H and O–H groups in total. The maximum absolute atomic E-state index is 11.3. The zero-order valence-electron chi connectivity index (χ0n) is 13.6. The Labute approximate surface area is 144 Å². The van der Waals surface area contributed by atoms with Crippen LogP contribution in [-0.4, -0.2) is 92.5 Å². The second-order valence-electron chi connectivity index (χ2n) is 5.03. The van der Waals surface area contributed by atoms with Crippen molar-refractivity contribution < 1.29 is 33.4 Å². The normalized spacial score (nSPS) is 16.8. The highest BCUT2D eigenvalue weighted by atomic mass is 16.5. The van der Waals surface area contributed by atoms with E-state index in [2.05, 4.69) is 4.99 Å². The third-order valence-corrected chi connectivity index (χ3v) is 3.35. The molecule has 136 valence electrons. The van der Waals surface area contributed by atoms with Gasteiger partial charge in [0.05, 0.1) is 58.9 Å². The first kappa shape index (κ1) is 18.9. The van der Waals surface area contributed by atoms with Gasteiger partial charge in [0.2, 0.25) is 0 Å². The van der Waals surface area contributed by atoms with Gasteiger partial charge >= 0.3 is 6.03 Å². The van der Waals surface area contributed by atoms with E-state index in [0.717, 1.165) is 16.0 Å². The zero-order chi connectivity index (χ0) is 18.1. The van der Waals surface area contributed by atoms with Crippen LogP contribution in [0.5, 0.6) is 0 Å². The van der Waals surface area contributed by atoms with E-state index in [-0.39, 0.29) is 38.1 Å². The van der Waals surface area contributed by atoms with Gasteiger partial charge in [0.1, 0.15) is 0 Å². The number of ether oxygens (including phenoxy) is 3. The topological polar surface area (TPSA) is 115 Å². The van der Waals surface area contributed by atoms with E-state index >= 15 is 0 Å². The first-order valence-electron chi connectivity index (χ1n) is 7.76. The molecule has 2 aliphatic heterocycles. The molecule has 0 aromatic rings. The second-order valence-corrected chi connectivity index (χ2v) is 5.03. The minimum atomic E-state index is -0.574. The van der Waals surface area contributed by atoms with Crippen LogP contribution < -0.4 is 0 Å². The molecular weight excluding hydrogens is 334 g/mol. The molecule has 0 saturated heterocycles. The summed E-state index contributed by atoms with van der Waals surface area (Å²) in [5.41, 5.74) is 0. The van der Waals surface area contributed by atoms with Gasteiger partial charge in [0.15, 0.2) is 0 Å². The van der Waals surface area contributed by atoms with Crippen LogP contribution in [0.25, 0.3) is 0 Å². The molecule has 0 bridgehead atoms. The molecule has 25 heavy (non-hydrogen) atoms. The van der Waals surface area contributed by atoms with Crippen LogP contribution in [0, 0.1) is 0 Å². The van der Waals surface area contributed by atoms with E-state index in [1.165, 1.54) is 12.2 Å². The molecule has 0 atom stereocenters. The highest BCUT2D eigenvalue weighted by Crippen LogP contribution is 2.02. The average molecular weight is 353 g/mol. The van der Waals surface area contributed by atoms with Crippen molar-refractivity contribution >= 4 is 30.0 Å². The van der Waals surface area contributed by atoms with Crippen LogP contribution in [0.2, 0.25) is 0 Å². The van der Waals surface area contributed by atoms with E-state index in [0.29, 0.717) is 26.4 Å². The van der Waals surface area contributed by atoms with Gasteiger partial charge in [-0.15, -0.1) is 0 Å². The number of urea groups is 1. The Morgan fingerprint density at radius 1 is 0.680 bits per heavy atom. The van der Waals surface area contributed by atoms with Crippen molar-refractivity contribution in [2.24, 2.45) is 4.99 Å². The van der Waals surface area contributed by atoms with Crippen molar-refractivity contribution in [1.82, 2.24) is 9.80 Å². The molecule has 0 radical (unpaired) electrons. The molecule has 2 heterocycles. The first-order chi connectivity index (χ1) is 12.1. The molecule has 0 spiro atoms. The fraction of sp³-hybridized carbons (Fsp3) is 0.533. The van der Waals surface area contributed by atoms with Crippen molar-refractivity contribution in [1.29, 1.82) is 0 Å². The second kappa shape index (κ2) is 9.77. The minimum Gasteiger partial charge on any atom is -0.377 e. The lowest BCUT2D eigenvalue weighted by atomic mass is 10.5. The monoisotopic (exact) mass is 353 g/mol. The van der Waals surface area contributed by atoms with Gasteiger partial charge < -0.3 is 14.2 Å². The summed E-state index contributed by atoms with van der Waals surface area (Å²) in [6.07, 6.45) is 3.44. The van der Waals surface area contributed by atoms with E-state index in [9.17, 15) is 19.2 Å². The van der Waals surface area contributed by atoms with Crippen molar-refractivity contribution in [3.8, 4) is 0 Å². The SMILES string of the molecule is O=C1C=CC(=O)N1CCOCCOCCOCCN1C(=O)C=NC1=O. The number of hydrogen-bond donors (Lipinski definition) is 0. The lowest BCUT2D eigenvalue weighted by Crippen LogP contribution is -2.33. The Bertz CT molecular complexity index is 502. The molecule has 0 aliphatic carbocycles. The molecule has 2 aliphatic rings. The summed E-state index contributed by atoms with van der Waals surface area (Å²) >= 11 is 0. The lowest BCUT2D eigenvalue weighted by molar-refractivity contribution is -0.137. The van der Waals surface area contributed by atoms with Crippen LogP contribution >= 0.6 is 0 Å². The Morgan fingerprint density at radius 2 is 1.16 bits per heavy atom. The van der Waals surface area contributed by atoms with E-state index in [1.54, 1.807) is 0 Å². The number of hydrogen-bond acceptors (Lipinski definition) is 7.